The van der Waals surface area contributed by atoms with Crippen LogP contribution in [0.15, 0.2) is 65.4 Å². The zero-order valence-corrected chi connectivity index (χ0v) is 18.6. The fourth-order valence-electron chi connectivity index (χ4n) is 3.09. The lowest BCUT2D eigenvalue weighted by atomic mass is 10.1. The molecular formula is C22H16BrClN4O3. The van der Waals surface area contributed by atoms with E-state index in [1.807, 2.05) is 18.2 Å². The Morgan fingerprint density at radius 1 is 1.16 bits per heavy atom. The van der Waals surface area contributed by atoms with Crippen LogP contribution in [0.4, 0.5) is 5.69 Å². The highest BCUT2D eigenvalue weighted by Crippen LogP contribution is 2.26. The summed E-state index contributed by atoms with van der Waals surface area (Å²) >= 11 is 9.39. The fraction of sp³-hybridized carbons (Fsp3) is 0.0909. The molecule has 0 bridgehead atoms. The molecule has 0 aliphatic heterocycles. The lowest BCUT2D eigenvalue weighted by Crippen LogP contribution is -2.12. The van der Waals surface area contributed by atoms with Gasteiger partial charge >= 0.3 is 5.97 Å². The summed E-state index contributed by atoms with van der Waals surface area (Å²) in [5.74, 6) is -0.773. The third kappa shape index (κ3) is 4.30. The number of carbonyl (C=O) groups excluding carboxylic acids is 2. The molecule has 156 valence electrons. The molecule has 7 nitrogen and oxygen atoms in total. The van der Waals surface area contributed by atoms with Crippen molar-refractivity contribution >= 4 is 50.7 Å². The lowest BCUT2D eigenvalue weighted by Gasteiger charge is -2.10. The molecule has 0 saturated heterocycles. The summed E-state index contributed by atoms with van der Waals surface area (Å²) < 4.78 is 7.28. The Kier molecular flexibility index (Phi) is 6.01. The van der Waals surface area contributed by atoms with Crippen molar-refractivity contribution in [2.24, 2.45) is 0 Å². The third-order valence-electron chi connectivity index (χ3n) is 4.49. The molecule has 4 rings (SSSR count). The second-order valence-electron chi connectivity index (χ2n) is 6.50. The number of nitrogens with one attached hydrogen (secondary N) is 1. The highest BCUT2D eigenvalue weighted by Gasteiger charge is 2.17. The number of fused-ring (bicyclic) bond motifs is 1. The van der Waals surface area contributed by atoms with Crippen LogP contribution in [0, 0.1) is 0 Å². The first-order valence-corrected chi connectivity index (χ1v) is 10.5. The van der Waals surface area contributed by atoms with Gasteiger partial charge in [0.05, 0.1) is 24.1 Å². The maximum Gasteiger partial charge on any atom is 0.343 e. The van der Waals surface area contributed by atoms with Crippen molar-refractivity contribution in [2.75, 3.05) is 11.9 Å². The number of nitrogens with zero attached hydrogens (tertiary/aromatic N) is 3. The highest BCUT2D eigenvalue weighted by molar-refractivity contribution is 9.10. The van der Waals surface area contributed by atoms with E-state index in [9.17, 15) is 9.59 Å². The molecule has 4 aromatic rings. The van der Waals surface area contributed by atoms with Crippen molar-refractivity contribution < 1.29 is 14.3 Å². The molecule has 2 heterocycles. The van der Waals surface area contributed by atoms with Gasteiger partial charge in [-0.15, -0.1) is 0 Å². The van der Waals surface area contributed by atoms with Gasteiger partial charge in [-0.3, -0.25) is 4.79 Å². The number of hydrogen-bond acceptors (Lipinski definition) is 5. The summed E-state index contributed by atoms with van der Waals surface area (Å²) in [5.41, 5.74) is 3.20. The fourth-order valence-corrected chi connectivity index (χ4v) is 3.69. The van der Waals surface area contributed by atoms with E-state index < -0.39 is 5.97 Å². The Morgan fingerprint density at radius 3 is 2.81 bits per heavy atom. The van der Waals surface area contributed by atoms with Crippen LogP contribution in [0.5, 0.6) is 0 Å². The van der Waals surface area contributed by atoms with E-state index in [2.05, 4.69) is 31.3 Å². The average molecular weight is 500 g/mol. The number of benzene rings is 2. The van der Waals surface area contributed by atoms with Crippen LogP contribution >= 0.6 is 27.5 Å². The molecular weight excluding hydrogens is 484 g/mol. The molecule has 0 unspecified atom stereocenters. The lowest BCUT2D eigenvalue weighted by molar-refractivity contribution is 0.0528. The summed E-state index contributed by atoms with van der Waals surface area (Å²) in [7, 11) is 0. The topological polar surface area (TPSA) is 85.6 Å². The zero-order valence-electron chi connectivity index (χ0n) is 16.3. The van der Waals surface area contributed by atoms with Gasteiger partial charge in [0.1, 0.15) is 5.56 Å². The van der Waals surface area contributed by atoms with Gasteiger partial charge in [0.25, 0.3) is 5.91 Å². The molecule has 1 amide bonds. The second kappa shape index (κ2) is 8.87. The van der Waals surface area contributed by atoms with E-state index in [4.69, 9.17) is 16.3 Å². The Hall–Kier alpha value is -3.23. The minimum absolute atomic E-state index is 0.264. The summed E-state index contributed by atoms with van der Waals surface area (Å²) in [6.45, 7) is 2.00. The van der Waals surface area contributed by atoms with Gasteiger partial charge in [-0.25, -0.2) is 14.3 Å². The Labute approximate surface area is 191 Å². The maximum absolute atomic E-state index is 12.7. The summed E-state index contributed by atoms with van der Waals surface area (Å²) in [6, 6.07) is 14.1. The summed E-state index contributed by atoms with van der Waals surface area (Å²) in [4.78, 5) is 29.1. The van der Waals surface area contributed by atoms with E-state index >= 15 is 0 Å². The minimum Gasteiger partial charge on any atom is -0.462 e. The van der Waals surface area contributed by atoms with Crippen LogP contribution < -0.4 is 5.32 Å². The minimum atomic E-state index is -0.477. The molecule has 1 N–H and O–H groups in total. The maximum atomic E-state index is 12.7. The van der Waals surface area contributed by atoms with Gasteiger partial charge in [0.15, 0.2) is 5.65 Å². The normalized spacial score (nSPS) is 10.8. The molecule has 2 aromatic heterocycles. The Morgan fingerprint density at radius 2 is 2.00 bits per heavy atom. The largest absolute Gasteiger partial charge is 0.462 e. The van der Waals surface area contributed by atoms with Crippen molar-refractivity contribution in [1.29, 1.82) is 0 Å². The third-order valence-corrected chi connectivity index (χ3v) is 5.41. The van der Waals surface area contributed by atoms with Gasteiger partial charge < -0.3 is 10.1 Å². The number of esters is 1. The SMILES string of the molecule is CCOC(=O)c1cnn2c(-c3cccc(NC(=O)c4cc(Cl)ccc4Br)c3)ccnc12. The van der Waals surface area contributed by atoms with Gasteiger partial charge in [0, 0.05) is 26.9 Å². The van der Waals surface area contributed by atoms with Crippen molar-refractivity contribution in [3.05, 3.63) is 81.5 Å². The number of amides is 1. The predicted molar refractivity (Wildman–Crippen MR) is 121 cm³/mol. The van der Waals surface area contributed by atoms with Crippen molar-refractivity contribution in [3.8, 4) is 11.3 Å². The number of aromatic nitrogens is 3. The second-order valence-corrected chi connectivity index (χ2v) is 7.79. The van der Waals surface area contributed by atoms with Crippen LogP contribution in [0.25, 0.3) is 16.9 Å². The van der Waals surface area contributed by atoms with Gasteiger partial charge in [-0.05, 0) is 59.3 Å². The first-order chi connectivity index (χ1) is 15.0. The molecule has 2 aromatic carbocycles. The van der Waals surface area contributed by atoms with Gasteiger partial charge in [0.2, 0.25) is 0 Å². The van der Waals surface area contributed by atoms with Crippen LogP contribution in [-0.2, 0) is 4.74 Å². The Bertz CT molecular complexity index is 1310. The molecule has 31 heavy (non-hydrogen) atoms. The molecule has 0 aliphatic rings. The van der Waals surface area contributed by atoms with Crippen molar-refractivity contribution in [2.45, 2.75) is 6.92 Å². The summed E-state index contributed by atoms with van der Waals surface area (Å²) in [6.07, 6.45) is 3.04. The van der Waals surface area contributed by atoms with Gasteiger partial charge in [-0.2, -0.15) is 5.10 Å². The number of ether oxygens (including phenoxy) is 1. The van der Waals surface area contributed by atoms with Crippen molar-refractivity contribution in [1.82, 2.24) is 14.6 Å². The number of rotatable bonds is 5. The van der Waals surface area contributed by atoms with Crippen LogP contribution in [0.2, 0.25) is 5.02 Å². The Balaban J connectivity index is 1.67. The first kappa shape index (κ1) is 21.0. The van der Waals surface area contributed by atoms with E-state index in [1.54, 1.807) is 48.0 Å². The number of halogens is 2. The molecule has 0 saturated carbocycles. The van der Waals surface area contributed by atoms with Crippen molar-refractivity contribution in [3.63, 3.8) is 0 Å². The number of anilines is 1. The monoisotopic (exact) mass is 498 g/mol. The predicted octanol–water partition coefficient (Wildman–Crippen LogP) is 5.24. The standard InChI is InChI=1S/C22H16BrClN4O3/c1-2-31-22(30)17-12-26-28-19(8-9-25-20(17)28)13-4-3-5-15(10-13)27-21(29)16-11-14(24)6-7-18(16)23/h3-12H,2H2,1H3,(H,27,29). The highest BCUT2D eigenvalue weighted by atomic mass is 79.9. The quantitative estimate of drug-likeness (QED) is 0.380. The molecule has 0 spiro atoms. The van der Waals surface area contributed by atoms with Gasteiger partial charge in [-0.1, -0.05) is 23.7 Å². The van der Waals surface area contributed by atoms with E-state index in [1.165, 1.54) is 6.20 Å². The number of carbonyl (C=O) groups is 2. The molecule has 0 aliphatic carbocycles. The van der Waals surface area contributed by atoms with Crippen LogP contribution in [0.3, 0.4) is 0 Å². The van der Waals surface area contributed by atoms with E-state index in [-0.39, 0.29) is 12.5 Å². The summed E-state index contributed by atoms with van der Waals surface area (Å²) in [5, 5.41) is 7.65. The van der Waals surface area contributed by atoms with E-state index in [0.29, 0.717) is 37.7 Å². The molecule has 9 heteroatoms. The van der Waals surface area contributed by atoms with Crippen LogP contribution in [-0.4, -0.2) is 33.1 Å². The van der Waals surface area contributed by atoms with Crippen LogP contribution in [0.1, 0.15) is 27.6 Å². The molecule has 0 atom stereocenters. The molecule has 0 fully saturated rings. The van der Waals surface area contributed by atoms with E-state index in [0.717, 1.165) is 5.56 Å². The smallest absolute Gasteiger partial charge is 0.343 e. The first-order valence-electron chi connectivity index (χ1n) is 9.34. The average Bonchev–Trinajstić information content (AvgIpc) is 3.20. The molecule has 0 radical (unpaired) electrons. The zero-order chi connectivity index (χ0) is 22.0. The number of hydrogen-bond donors (Lipinski definition) is 1.